The zero-order valence-electron chi connectivity index (χ0n) is 6.72. The summed E-state index contributed by atoms with van der Waals surface area (Å²) in [6.07, 6.45) is 6.15. The Morgan fingerprint density at radius 2 is 1.70 bits per heavy atom. The lowest BCUT2D eigenvalue weighted by Crippen LogP contribution is -2.38. The second kappa shape index (κ2) is 1.60. The summed E-state index contributed by atoms with van der Waals surface area (Å²) < 4.78 is 0. The molecule has 56 valence electrons. The second-order valence-electron chi connectivity index (χ2n) is 4.51. The maximum absolute atomic E-state index is 2.33. The Morgan fingerprint density at radius 3 is 2.10 bits per heavy atom. The molecule has 3 aliphatic carbocycles. The van der Waals surface area contributed by atoms with E-state index < -0.39 is 0 Å². The van der Waals surface area contributed by atoms with Crippen molar-refractivity contribution < 1.29 is 0 Å². The molecule has 0 nitrogen and oxygen atoms in total. The smallest absolute Gasteiger partial charge is 0.0318 e. The normalized spacial score (nSPS) is 61.5. The van der Waals surface area contributed by atoms with E-state index in [1.807, 2.05) is 0 Å². The summed E-state index contributed by atoms with van der Waals surface area (Å²) in [6, 6.07) is 0. The Balaban J connectivity index is 1.65. The van der Waals surface area contributed by atoms with E-state index in [0.717, 1.165) is 0 Å². The van der Waals surface area contributed by atoms with Gasteiger partial charge in [-0.1, -0.05) is 19.8 Å². The van der Waals surface area contributed by atoms with Crippen molar-refractivity contribution in [3.8, 4) is 0 Å². The van der Waals surface area contributed by atoms with Gasteiger partial charge in [-0.25, -0.2) is 0 Å². The average molecular weight is 136 g/mol. The van der Waals surface area contributed by atoms with Crippen molar-refractivity contribution in [2.45, 2.75) is 32.6 Å². The van der Waals surface area contributed by atoms with Crippen molar-refractivity contribution in [1.29, 1.82) is 0 Å². The average Bonchev–Trinajstić information content (AvgIpc) is 2.42. The van der Waals surface area contributed by atoms with Gasteiger partial charge in [-0.05, 0) is 42.4 Å². The van der Waals surface area contributed by atoms with Gasteiger partial charge in [0.15, 0.2) is 0 Å². The van der Waals surface area contributed by atoms with Gasteiger partial charge in [-0.2, -0.15) is 0 Å². The lowest BCUT2D eigenvalue weighted by Gasteiger charge is -2.45. The maximum atomic E-state index is 2.33. The summed E-state index contributed by atoms with van der Waals surface area (Å²) in [5.41, 5.74) is 0. The van der Waals surface area contributed by atoms with Crippen molar-refractivity contribution in [2.24, 2.45) is 29.6 Å². The molecule has 0 aliphatic heterocycles. The fourth-order valence-corrected chi connectivity index (χ4v) is 3.71. The van der Waals surface area contributed by atoms with E-state index in [1.54, 1.807) is 19.3 Å². The molecule has 0 aromatic rings. The van der Waals surface area contributed by atoms with Crippen LogP contribution in [-0.4, -0.2) is 0 Å². The number of rotatable bonds is 2. The first kappa shape index (κ1) is 5.62. The van der Waals surface area contributed by atoms with Crippen LogP contribution in [0.15, 0.2) is 0 Å². The van der Waals surface area contributed by atoms with Crippen LogP contribution >= 0.6 is 0 Å². The molecule has 3 saturated carbocycles. The van der Waals surface area contributed by atoms with Crippen LogP contribution < -0.4 is 0 Å². The van der Waals surface area contributed by atoms with Gasteiger partial charge in [0.2, 0.25) is 0 Å². The largest absolute Gasteiger partial charge is 0.0654 e. The lowest BCUT2D eigenvalue weighted by atomic mass is 9.60. The molecule has 4 unspecified atom stereocenters. The molecular weight excluding hydrogens is 120 g/mol. The highest BCUT2D eigenvalue weighted by Crippen LogP contribution is 2.76. The van der Waals surface area contributed by atoms with Crippen LogP contribution in [0.1, 0.15) is 32.6 Å². The number of hydrogen-bond donors (Lipinski definition) is 0. The van der Waals surface area contributed by atoms with Crippen LogP contribution in [-0.2, 0) is 0 Å². The number of hydrogen-bond acceptors (Lipinski definition) is 0. The molecule has 3 aliphatic rings. The fraction of sp³-hybridized carbons (Fsp3) is 1.00. The zero-order chi connectivity index (χ0) is 6.72. The Labute approximate surface area is 63.0 Å². The number of fused-ring (bicyclic) bond motifs is 4. The van der Waals surface area contributed by atoms with Gasteiger partial charge in [0.25, 0.3) is 0 Å². The molecule has 0 N–H and O–H groups in total. The minimum Gasteiger partial charge on any atom is -0.0654 e. The molecule has 0 saturated heterocycles. The summed E-state index contributed by atoms with van der Waals surface area (Å²) in [7, 11) is 0. The highest BCUT2D eigenvalue weighted by Gasteiger charge is 2.70. The second-order valence-corrected chi connectivity index (χ2v) is 4.51. The van der Waals surface area contributed by atoms with Crippen LogP contribution in [0.3, 0.4) is 0 Å². The zero-order valence-corrected chi connectivity index (χ0v) is 6.72. The van der Waals surface area contributed by atoms with Crippen molar-refractivity contribution in [1.82, 2.24) is 0 Å². The first-order valence-corrected chi connectivity index (χ1v) is 4.93. The Bertz CT molecular complexity index is 145. The molecular formula is C10H16. The molecule has 0 heterocycles. The Morgan fingerprint density at radius 1 is 1.10 bits per heavy atom. The van der Waals surface area contributed by atoms with Crippen molar-refractivity contribution in [3.63, 3.8) is 0 Å². The molecule has 10 heavy (non-hydrogen) atoms. The Hall–Kier alpha value is 0. The molecule has 0 bridgehead atoms. The first-order chi connectivity index (χ1) is 4.93. The van der Waals surface area contributed by atoms with E-state index >= 15 is 0 Å². The highest BCUT2D eigenvalue weighted by atomic mass is 14.7. The quantitative estimate of drug-likeness (QED) is 0.547. The van der Waals surface area contributed by atoms with Crippen molar-refractivity contribution in [3.05, 3.63) is 0 Å². The predicted octanol–water partition coefficient (Wildman–Crippen LogP) is 2.69. The van der Waals surface area contributed by atoms with Crippen molar-refractivity contribution in [2.75, 3.05) is 0 Å². The third-order valence-electron chi connectivity index (χ3n) is 4.29. The lowest BCUT2D eigenvalue weighted by molar-refractivity contribution is 0.0372. The SMILES string of the molecule is CCCC1C2C3CCC3C12. The minimum atomic E-state index is 1.21. The molecule has 0 spiro atoms. The van der Waals surface area contributed by atoms with Gasteiger partial charge in [0.05, 0.1) is 0 Å². The topological polar surface area (TPSA) is 0 Å². The molecule has 4 atom stereocenters. The van der Waals surface area contributed by atoms with E-state index in [-0.39, 0.29) is 0 Å². The first-order valence-electron chi connectivity index (χ1n) is 4.93. The van der Waals surface area contributed by atoms with Gasteiger partial charge >= 0.3 is 0 Å². The van der Waals surface area contributed by atoms with Crippen molar-refractivity contribution >= 4 is 0 Å². The molecule has 0 radical (unpaired) electrons. The molecule has 0 aromatic carbocycles. The van der Waals surface area contributed by atoms with Gasteiger partial charge < -0.3 is 0 Å². The predicted molar refractivity (Wildman–Crippen MR) is 41.6 cm³/mol. The summed E-state index contributed by atoms with van der Waals surface area (Å²) in [4.78, 5) is 0. The summed E-state index contributed by atoms with van der Waals surface area (Å²) in [5, 5.41) is 0. The molecule has 0 heteroatoms. The summed E-state index contributed by atoms with van der Waals surface area (Å²) >= 11 is 0. The van der Waals surface area contributed by atoms with Gasteiger partial charge in [-0.15, -0.1) is 0 Å². The molecule has 3 rings (SSSR count). The summed E-state index contributed by atoms with van der Waals surface area (Å²) in [5.74, 6) is 6.18. The minimum absolute atomic E-state index is 1.21. The van der Waals surface area contributed by atoms with Crippen LogP contribution in [0.4, 0.5) is 0 Å². The van der Waals surface area contributed by atoms with Gasteiger partial charge in [0, 0.05) is 0 Å². The van der Waals surface area contributed by atoms with Crippen LogP contribution in [0, 0.1) is 29.6 Å². The van der Waals surface area contributed by atoms with E-state index in [2.05, 4.69) is 6.92 Å². The van der Waals surface area contributed by atoms with E-state index in [9.17, 15) is 0 Å². The van der Waals surface area contributed by atoms with Crippen LogP contribution in [0.25, 0.3) is 0 Å². The standard InChI is InChI=1S/C10H16/c1-2-3-8-9-6-4-5-7(6)10(8)9/h6-10H,2-5H2,1H3. The van der Waals surface area contributed by atoms with E-state index in [1.165, 1.54) is 36.0 Å². The van der Waals surface area contributed by atoms with Crippen LogP contribution in [0.2, 0.25) is 0 Å². The summed E-state index contributed by atoms with van der Waals surface area (Å²) in [6.45, 7) is 2.33. The Kier molecular flexibility index (Phi) is 0.898. The van der Waals surface area contributed by atoms with E-state index in [4.69, 9.17) is 0 Å². The van der Waals surface area contributed by atoms with E-state index in [0.29, 0.717) is 0 Å². The highest BCUT2D eigenvalue weighted by molar-refractivity contribution is 5.18. The molecule has 3 fully saturated rings. The molecule has 0 amide bonds. The van der Waals surface area contributed by atoms with Gasteiger partial charge in [-0.3, -0.25) is 0 Å². The molecule has 0 aromatic heterocycles. The van der Waals surface area contributed by atoms with Gasteiger partial charge in [0.1, 0.15) is 0 Å². The fourth-order valence-electron chi connectivity index (χ4n) is 3.71. The van der Waals surface area contributed by atoms with Crippen LogP contribution in [0.5, 0.6) is 0 Å². The maximum Gasteiger partial charge on any atom is -0.0318 e. The third kappa shape index (κ3) is 0.436. The third-order valence-corrected chi connectivity index (χ3v) is 4.29. The monoisotopic (exact) mass is 136 g/mol.